The number of carbonyl (C=O) groups excluding carboxylic acids is 2. The van der Waals surface area contributed by atoms with Crippen molar-refractivity contribution in [3.8, 4) is 5.69 Å². The molecule has 2 aromatic carbocycles. The van der Waals surface area contributed by atoms with E-state index in [4.69, 9.17) is 4.98 Å². The summed E-state index contributed by atoms with van der Waals surface area (Å²) >= 11 is 2.87. The van der Waals surface area contributed by atoms with Crippen molar-refractivity contribution in [2.75, 3.05) is 16.4 Å². The van der Waals surface area contributed by atoms with Crippen LogP contribution in [0, 0.1) is 13.8 Å². The number of nitrogens with zero attached hydrogens (tertiary/aromatic N) is 2. The lowest BCUT2D eigenvalue weighted by molar-refractivity contribution is -0.114. The normalized spacial score (nSPS) is 12.8. The van der Waals surface area contributed by atoms with Crippen LogP contribution in [0.5, 0.6) is 0 Å². The number of aromatic nitrogens is 2. The quantitative estimate of drug-likeness (QED) is 0.248. The molecular weight excluding hydrogens is 504 g/mol. The molecule has 37 heavy (non-hydrogen) atoms. The average Bonchev–Trinajstić information content (AvgIpc) is 3.22. The summed E-state index contributed by atoms with van der Waals surface area (Å²) in [6, 6.07) is 13.0. The first kappa shape index (κ1) is 25.2. The van der Waals surface area contributed by atoms with Crippen molar-refractivity contribution in [1.82, 2.24) is 9.55 Å². The molecule has 0 aliphatic heterocycles. The summed E-state index contributed by atoms with van der Waals surface area (Å²) in [5.41, 5.74) is 5.26. The van der Waals surface area contributed by atoms with Gasteiger partial charge in [-0.2, -0.15) is 0 Å². The summed E-state index contributed by atoms with van der Waals surface area (Å²) in [5.74, 6) is -0.260. The van der Waals surface area contributed by atoms with Crippen LogP contribution < -0.4 is 16.2 Å². The molecule has 5 rings (SSSR count). The molecule has 7 nitrogen and oxygen atoms in total. The van der Waals surface area contributed by atoms with Crippen molar-refractivity contribution in [1.29, 1.82) is 0 Å². The Morgan fingerprint density at radius 3 is 2.32 bits per heavy atom. The summed E-state index contributed by atoms with van der Waals surface area (Å²) in [4.78, 5) is 44.9. The van der Waals surface area contributed by atoms with E-state index in [0.717, 1.165) is 58.3 Å². The Hall–Kier alpha value is -3.43. The van der Waals surface area contributed by atoms with E-state index in [-0.39, 0.29) is 23.1 Å². The summed E-state index contributed by atoms with van der Waals surface area (Å²) in [5, 5.41) is 6.82. The second kappa shape index (κ2) is 10.5. The first-order valence-corrected chi connectivity index (χ1v) is 14.0. The van der Waals surface area contributed by atoms with Crippen molar-refractivity contribution in [2.45, 2.75) is 51.6 Å². The van der Waals surface area contributed by atoms with Gasteiger partial charge in [-0.15, -0.1) is 11.3 Å². The molecule has 0 bridgehead atoms. The smallest absolute Gasteiger partial charge is 0.267 e. The Balaban J connectivity index is 1.46. The molecule has 0 radical (unpaired) electrons. The molecule has 0 spiro atoms. The highest BCUT2D eigenvalue weighted by Crippen LogP contribution is 2.35. The monoisotopic (exact) mass is 532 g/mol. The number of anilines is 2. The van der Waals surface area contributed by atoms with E-state index in [1.807, 2.05) is 26.0 Å². The van der Waals surface area contributed by atoms with Gasteiger partial charge in [-0.25, -0.2) is 4.98 Å². The molecule has 190 valence electrons. The minimum atomic E-state index is -0.205. The number of amides is 2. The number of hydrogen-bond acceptors (Lipinski definition) is 6. The summed E-state index contributed by atoms with van der Waals surface area (Å²) in [6.45, 7) is 5.47. The van der Waals surface area contributed by atoms with Crippen molar-refractivity contribution in [3.63, 3.8) is 0 Å². The van der Waals surface area contributed by atoms with Gasteiger partial charge in [0.25, 0.3) is 5.56 Å². The highest BCUT2D eigenvalue weighted by atomic mass is 32.2. The lowest BCUT2D eigenvalue weighted by Gasteiger charge is -2.15. The average molecular weight is 533 g/mol. The zero-order valence-corrected chi connectivity index (χ0v) is 22.6. The third kappa shape index (κ3) is 5.47. The Morgan fingerprint density at radius 2 is 1.65 bits per heavy atom. The molecule has 4 aromatic rings. The predicted octanol–water partition coefficient (Wildman–Crippen LogP) is 5.63. The number of hydrogen-bond donors (Lipinski definition) is 2. The minimum absolute atomic E-state index is 0.0640. The molecule has 0 saturated heterocycles. The number of fused-ring (bicyclic) bond motifs is 3. The summed E-state index contributed by atoms with van der Waals surface area (Å²) in [7, 11) is 0. The first-order chi connectivity index (χ1) is 17.8. The highest BCUT2D eigenvalue weighted by Gasteiger charge is 2.23. The van der Waals surface area contributed by atoms with Crippen LogP contribution in [0.2, 0.25) is 0 Å². The van der Waals surface area contributed by atoms with Gasteiger partial charge in [0.05, 0.1) is 16.8 Å². The zero-order valence-electron chi connectivity index (χ0n) is 21.0. The molecule has 0 atom stereocenters. The molecule has 2 amide bonds. The van der Waals surface area contributed by atoms with Crippen LogP contribution in [0.25, 0.3) is 15.9 Å². The molecule has 0 fully saturated rings. The number of nitrogens with one attached hydrogen (secondary N) is 2. The van der Waals surface area contributed by atoms with Gasteiger partial charge in [0.15, 0.2) is 5.16 Å². The molecule has 1 aliphatic rings. The fraction of sp³-hybridized carbons (Fsp3) is 0.286. The number of thioether (sulfide) groups is 1. The van der Waals surface area contributed by atoms with Gasteiger partial charge in [0, 0.05) is 23.2 Å². The van der Waals surface area contributed by atoms with Crippen molar-refractivity contribution >= 4 is 56.5 Å². The van der Waals surface area contributed by atoms with E-state index in [0.29, 0.717) is 16.5 Å². The topological polar surface area (TPSA) is 93.1 Å². The molecule has 0 saturated carbocycles. The van der Waals surface area contributed by atoms with E-state index in [1.165, 1.54) is 23.6 Å². The second-order valence-corrected chi connectivity index (χ2v) is 11.4. The van der Waals surface area contributed by atoms with Crippen LogP contribution in [0.15, 0.2) is 52.4 Å². The maximum absolute atomic E-state index is 13.9. The molecule has 2 heterocycles. The number of benzene rings is 2. The third-order valence-corrected chi connectivity index (χ3v) is 8.37. The van der Waals surface area contributed by atoms with Crippen LogP contribution in [-0.2, 0) is 22.4 Å². The Bertz CT molecular complexity index is 1550. The van der Waals surface area contributed by atoms with E-state index >= 15 is 0 Å². The second-order valence-electron chi connectivity index (χ2n) is 9.37. The number of carbonyl (C=O) groups is 2. The molecule has 1 aliphatic carbocycles. The fourth-order valence-corrected chi connectivity index (χ4v) is 6.87. The SMILES string of the molecule is CC(=O)Nc1ccc(NC(=O)CSc2nc3sc4c(c3c(=O)n2-c2cc(C)cc(C)c2)CCCC4)cc1. The number of thiophene rings is 1. The van der Waals surface area contributed by atoms with Crippen LogP contribution in [0.4, 0.5) is 11.4 Å². The van der Waals surface area contributed by atoms with Crippen LogP contribution in [0.3, 0.4) is 0 Å². The van der Waals surface area contributed by atoms with Crippen LogP contribution in [0.1, 0.15) is 41.3 Å². The largest absolute Gasteiger partial charge is 0.326 e. The van der Waals surface area contributed by atoms with Crippen LogP contribution in [-0.4, -0.2) is 27.1 Å². The van der Waals surface area contributed by atoms with Crippen molar-refractivity contribution in [3.05, 3.63) is 74.4 Å². The fourth-order valence-electron chi connectivity index (χ4n) is 4.76. The molecule has 0 unspecified atom stereocenters. The molecule has 2 N–H and O–H groups in total. The van der Waals surface area contributed by atoms with E-state index < -0.39 is 0 Å². The van der Waals surface area contributed by atoms with Gasteiger partial charge in [-0.3, -0.25) is 19.0 Å². The lowest BCUT2D eigenvalue weighted by Crippen LogP contribution is -2.23. The summed E-state index contributed by atoms with van der Waals surface area (Å²) in [6.07, 6.45) is 4.13. The number of aryl methyl sites for hydroxylation is 4. The number of rotatable bonds is 6. The molecular formula is C28H28N4O3S2. The van der Waals surface area contributed by atoms with Crippen molar-refractivity contribution < 1.29 is 9.59 Å². The maximum Gasteiger partial charge on any atom is 0.267 e. The van der Waals surface area contributed by atoms with E-state index in [9.17, 15) is 14.4 Å². The maximum atomic E-state index is 13.9. The van der Waals surface area contributed by atoms with Gasteiger partial charge in [-0.1, -0.05) is 17.8 Å². The van der Waals surface area contributed by atoms with Gasteiger partial charge in [-0.05, 0) is 92.6 Å². The van der Waals surface area contributed by atoms with Gasteiger partial charge in [0.1, 0.15) is 4.83 Å². The zero-order chi connectivity index (χ0) is 26.1. The van der Waals surface area contributed by atoms with Crippen LogP contribution >= 0.6 is 23.1 Å². The van der Waals surface area contributed by atoms with E-state index in [1.54, 1.807) is 40.2 Å². The Labute approximate surface area is 223 Å². The van der Waals surface area contributed by atoms with Gasteiger partial charge >= 0.3 is 0 Å². The van der Waals surface area contributed by atoms with Gasteiger partial charge < -0.3 is 10.6 Å². The summed E-state index contributed by atoms with van der Waals surface area (Å²) < 4.78 is 1.67. The molecule has 2 aromatic heterocycles. The standard InChI is InChI=1S/C28H28N4O3S2/c1-16-12-17(2)14-21(13-16)32-27(35)25-22-6-4-5-7-23(22)37-26(25)31-28(32)36-15-24(34)30-20-10-8-19(9-11-20)29-18(3)33/h8-14H,4-7,15H2,1-3H3,(H,29,33)(H,30,34). The highest BCUT2D eigenvalue weighted by molar-refractivity contribution is 7.99. The predicted molar refractivity (Wildman–Crippen MR) is 151 cm³/mol. The minimum Gasteiger partial charge on any atom is -0.326 e. The van der Waals surface area contributed by atoms with Crippen molar-refractivity contribution in [2.24, 2.45) is 0 Å². The third-order valence-electron chi connectivity index (χ3n) is 6.24. The molecule has 9 heteroatoms. The Morgan fingerprint density at radius 1 is 1.00 bits per heavy atom. The Kier molecular flexibility index (Phi) is 7.17. The van der Waals surface area contributed by atoms with Gasteiger partial charge in [0.2, 0.25) is 11.8 Å². The van der Waals surface area contributed by atoms with E-state index in [2.05, 4.69) is 16.7 Å². The lowest BCUT2D eigenvalue weighted by atomic mass is 9.97. The first-order valence-electron chi connectivity index (χ1n) is 12.2.